The van der Waals surface area contributed by atoms with Crippen LogP contribution >= 0.6 is 0 Å². The average Bonchev–Trinajstić information content (AvgIpc) is 2.44. The lowest BCUT2D eigenvalue weighted by molar-refractivity contribution is 0.546. The van der Waals surface area contributed by atoms with Crippen LogP contribution in [0.1, 0.15) is 19.3 Å². The van der Waals surface area contributed by atoms with Gasteiger partial charge in [-0.05, 0) is 24.7 Å². The molecule has 0 amide bonds. The molecule has 1 saturated heterocycles. The Hall–Kier alpha value is -0.0800. The Kier molecular flexibility index (Phi) is 1.08. The maximum atomic E-state index is 5.52. The van der Waals surface area contributed by atoms with Crippen LogP contribution < -0.4 is 11.1 Å². The van der Waals surface area contributed by atoms with E-state index in [4.69, 9.17) is 5.73 Å². The summed E-state index contributed by atoms with van der Waals surface area (Å²) < 4.78 is 0. The molecule has 1 aliphatic heterocycles. The van der Waals surface area contributed by atoms with Crippen molar-refractivity contribution >= 4 is 0 Å². The second-order valence-corrected chi connectivity index (χ2v) is 3.52. The fraction of sp³-hybridized carbons (Fsp3) is 1.00. The van der Waals surface area contributed by atoms with Gasteiger partial charge in [-0.15, -0.1) is 0 Å². The van der Waals surface area contributed by atoms with E-state index in [1.54, 1.807) is 0 Å². The third-order valence-electron chi connectivity index (χ3n) is 2.69. The van der Waals surface area contributed by atoms with Gasteiger partial charge in [0.25, 0.3) is 0 Å². The second-order valence-electron chi connectivity index (χ2n) is 3.52. The Morgan fingerprint density at radius 3 is 2.67 bits per heavy atom. The SMILES string of the molecule is NC[C@@H]1CC2(CC2)CN1. The predicted molar refractivity (Wildman–Crippen MR) is 37.1 cm³/mol. The molecule has 1 heterocycles. The molecule has 52 valence electrons. The highest BCUT2D eigenvalue weighted by molar-refractivity contribution is 5.03. The molecule has 0 aromatic carbocycles. The number of hydrogen-bond donors (Lipinski definition) is 2. The van der Waals surface area contributed by atoms with Gasteiger partial charge in [-0.25, -0.2) is 0 Å². The van der Waals surface area contributed by atoms with Gasteiger partial charge in [0.2, 0.25) is 0 Å². The van der Waals surface area contributed by atoms with E-state index >= 15 is 0 Å². The zero-order chi connectivity index (χ0) is 6.32. The first-order valence-electron chi connectivity index (χ1n) is 3.78. The molecule has 2 rings (SSSR count). The van der Waals surface area contributed by atoms with Crippen LogP contribution in [0.4, 0.5) is 0 Å². The number of hydrogen-bond acceptors (Lipinski definition) is 2. The van der Waals surface area contributed by atoms with Crippen molar-refractivity contribution in [3.8, 4) is 0 Å². The van der Waals surface area contributed by atoms with Gasteiger partial charge >= 0.3 is 0 Å². The zero-order valence-corrected chi connectivity index (χ0v) is 5.69. The van der Waals surface area contributed by atoms with E-state index < -0.39 is 0 Å². The summed E-state index contributed by atoms with van der Waals surface area (Å²) in [5.41, 5.74) is 6.25. The van der Waals surface area contributed by atoms with E-state index in [1.165, 1.54) is 25.8 Å². The molecule has 0 radical (unpaired) electrons. The van der Waals surface area contributed by atoms with Crippen molar-refractivity contribution in [2.24, 2.45) is 11.1 Å². The Labute approximate surface area is 55.8 Å². The Bertz CT molecular complexity index is 118. The molecule has 0 aromatic rings. The normalized spacial score (nSPS) is 37.7. The summed E-state index contributed by atoms with van der Waals surface area (Å²) in [6, 6.07) is 0.632. The zero-order valence-electron chi connectivity index (χ0n) is 5.69. The van der Waals surface area contributed by atoms with Crippen LogP contribution in [0.25, 0.3) is 0 Å². The minimum atomic E-state index is 0.632. The van der Waals surface area contributed by atoms with E-state index in [0.717, 1.165) is 12.0 Å². The van der Waals surface area contributed by atoms with E-state index in [1.807, 2.05) is 0 Å². The van der Waals surface area contributed by atoms with Crippen molar-refractivity contribution in [2.75, 3.05) is 13.1 Å². The molecular formula is C7H14N2. The van der Waals surface area contributed by atoms with Crippen molar-refractivity contribution in [1.29, 1.82) is 0 Å². The van der Waals surface area contributed by atoms with Gasteiger partial charge in [0.1, 0.15) is 0 Å². The quantitative estimate of drug-likeness (QED) is 0.522. The molecular weight excluding hydrogens is 112 g/mol. The summed E-state index contributed by atoms with van der Waals surface area (Å²) in [5, 5.41) is 3.43. The number of nitrogens with one attached hydrogen (secondary N) is 1. The highest BCUT2D eigenvalue weighted by Crippen LogP contribution is 2.51. The molecule has 3 N–H and O–H groups in total. The fourth-order valence-corrected chi connectivity index (χ4v) is 1.75. The summed E-state index contributed by atoms with van der Waals surface area (Å²) in [5.74, 6) is 0. The smallest absolute Gasteiger partial charge is 0.0196 e. The molecule has 1 atom stereocenters. The maximum Gasteiger partial charge on any atom is 0.0196 e. The van der Waals surface area contributed by atoms with Crippen LogP contribution in [0.5, 0.6) is 0 Å². The molecule has 9 heavy (non-hydrogen) atoms. The van der Waals surface area contributed by atoms with Gasteiger partial charge in [-0.1, -0.05) is 0 Å². The summed E-state index contributed by atoms with van der Waals surface area (Å²) in [6.07, 6.45) is 4.22. The molecule has 0 bridgehead atoms. The van der Waals surface area contributed by atoms with Crippen LogP contribution in [0.2, 0.25) is 0 Å². The van der Waals surface area contributed by atoms with E-state index in [-0.39, 0.29) is 0 Å². The minimum Gasteiger partial charge on any atom is -0.329 e. The van der Waals surface area contributed by atoms with Gasteiger partial charge in [0.05, 0.1) is 0 Å². The van der Waals surface area contributed by atoms with E-state index in [2.05, 4.69) is 5.32 Å². The fourth-order valence-electron chi connectivity index (χ4n) is 1.75. The lowest BCUT2D eigenvalue weighted by Gasteiger charge is -2.03. The largest absolute Gasteiger partial charge is 0.329 e. The van der Waals surface area contributed by atoms with E-state index in [9.17, 15) is 0 Å². The lowest BCUT2D eigenvalue weighted by Crippen LogP contribution is -2.29. The maximum absolute atomic E-state index is 5.52. The Morgan fingerprint density at radius 2 is 2.33 bits per heavy atom. The number of nitrogens with two attached hydrogens (primary N) is 1. The second kappa shape index (κ2) is 1.70. The molecule has 0 unspecified atom stereocenters. The van der Waals surface area contributed by atoms with Gasteiger partial charge in [0.15, 0.2) is 0 Å². The Morgan fingerprint density at radius 1 is 1.56 bits per heavy atom. The minimum absolute atomic E-state index is 0.632. The first-order valence-corrected chi connectivity index (χ1v) is 3.78. The van der Waals surface area contributed by atoms with Crippen LogP contribution in [0.15, 0.2) is 0 Å². The number of rotatable bonds is 1. The lowest BCUT2D eigenvalue weighted by atomic mass is 10.0. The molecule has 2 aliphatic rings. The molecule has 2 fully saturated rings. The van der Waals surface area contributed by atoms with Crippen LogP contribution in [0.3, 0.4) is 0 Å². The predicted octanol–water partition coefficient (Wildman–Crippen LogP) is 0.0872. The van der Waals surface area contributed by atoms with Crippen molar-refractivity contribution < 1.29 is 0 Å². The standard InChI is InChI=1S/C7H14N2/c8-4-6-3-7(1-2-7)5-9-6/h6,9H,1-5,8H2/t6-/m0/s1. The summed E-state index contributed by atoms with van der Waals surface area (Å²) in [6.45, 7) is 2.05. The van der Waals surface area contributed by atoms with Crippen LogP contribution in [0, 0.1) is 5.41 Å². The van der Waals surface area contributed by atoms with Gasteiger partial charge in [-0.3, -0.25) is 0 Å². The van der Waals surface area contributed by atoms with Crippen LogP contribution in [-0.2, 0) is 0 Å². The van der Waals surface area contributed by atoms with E-state index in [0.29, 0.717) is 6.04 Å². The monoisotopic (exact) mass is 126 g/mol. The molecule has 1 spiro atoms. The van der Waals surface area contributed by atoms with Gasteiger partial charge in [0, 0.05) is 19.1 Å². The van der Waals surface area contributed by atoms with Crippen LogP contribution in [-0.4, -0.2) is 19.1 Å². The van der Waals surface area contributed by atoms with Gasteiger partial charge < -0.3 is 11.1 Å². The highest BCUT2D eigenvalue weighted by atomic mass is 15.0. The first-order chi connectivity index (χ1) is 4.35. The summed E-state index contributed by atoms with van der Waals surface area (Å²) in [4.78, 5) is 0. The summed E-state index contributed by atoms with van der Waals surface area (Å²) >= 11 is 0. The molecule has 1 saturated carbocycles. The molecule has 0 aromatic heterocycles. The Balaban J connectivity index is 1.93. The van der Waals surface area contributed by atoms with Crippen molar-refractivity contribution in [3.05, 3.63) is 0 Å². The third-order valence-corrected chi connectivity index (χ3v) is 2.69. The average molecular weight is 126 g/mol. The third kappa shape index (κ3) is 0.864. The molecule has 2 heteroatoms. The van der Waals surface area contributed by atoms with Crippen molar-refractivity contribution in [3.63, 3.8) is 0 Å². The molecule has 1 aliphatic carbocycles. The van der Waals surface area contributed by atoms with Gasteiger partial charge in [-0.2, -0.15) is 0 Å². The first kappa shape index (κ1) is 5.69. The van der Waals surface area contributed by atoms with Crippen molar-refractivity contribution in [1.82, 2.24) is 5.32 Å². The highest BCUT2D eigenvalue weighted by Gasteiger charge is 2.47. The van der Waals surface area contributed by atoms with Crippen molar-refractivity contribution in [2.45, 2.75) is 25.3 Å². The summed E-state index contributed by atoms with van der Waals surface area (Å²) in [7, 11) is 0. The topological polar surface area (TPSA) is 38.0 Å². The molecule has 2 nitrogen and oxygen atoms in total.